The van der Waals surface area contributed by atoms with Crippen LogP contribution in [-0.4, -0.2) is 27.1 Å². The van der Waals surface area contributed by atoms with Crippen molar-refractivity contribution in [3.8, 4) is 5.75 Å². The minimum Gasteiger partial charge on any atom is -0.492 e. The van der Waals surface area contributed by atoms with Crippen molar-refractivity contribution in [1.29, 1.82) is 0 Å². The zero-order valence-corrected chi connectivity index (χ0v) is 11.9. The van der Waals surface area contributed by atoms with Crippen molar-refractivity contribution >= 4 is 10.0 Å². The Kier molecular flexibility index (Phi) is 4.13. The van der Waals surface area contributed by atoms with Gasteiger partial charge in [0.1, 0.15) is 12.4 Å². The topological polar surface area (TPSA) is 81.4 Å². The van der Waals surface area contributed by atoms with Gasteiger partial charge in [-0.05, 0) is 50.5 Å². The molecule has 0 amide bonds. The molecule has 1 aromatic carbocycles. The van der Waals surface area contributed by atoms with Crippen molar-refractivity contribution in [3.63, 3.8) is 0 Å². The normalized spacial score (nSPS) is 17.8. The van der Waals surface area contributed by atoms with Crippen LogP contribution in [0.15, 0.2) is 29.2 Å². The summed E-state index contributed by atoms with van der Waals surface area (Å²) in [6.07, 6.45) is 2.86. The summed E-state index contributed by atoms with van der Waals surface area (Å²) in [5, 5.41) is 0. The monoisotopic (exact) mass is 284 g/mol. The molecular formula is C13H20N2O3S. The van der Waals surface area contributed by atoms with Crippen molar-refractivity contribution in [3.05, 3.63) is 24.3 Å². The van der Waals surface area contributed by atoms with E-state index in [1.165, 1.54) is 0 Å². The number of hydrogen-bond donors (Lipinski definition) is 2. The van der Waals surface area contributed by atoms with E-state index in [1.807, 2.05) is 6.92 Å². The van der Waals surface area contributed by atoms with Crippen molar-refractivity contribution < 1.29 is 13.2 Å². The molecule has 106 valence electrons. The number of ether oxygens (including phenoxy) is 1. The Hall–Kier alpha value is -1.11. The minimum absolute atomic E-state index is 0.265. The molecule has 0 saturated heterocycles. The van der Waals surface area contributed by atoms with Crippen molar-refractivity contribution in [2.24, 2.45) is 5.73 Å². The third-order valence-corrected chi connectivity index (χ3v) is 5.01. The summed E-state index contributed by atoms with van der Waals surface area (Å²) in [6, 6.07) is 6.40. The molecule has 2 rings (SSSR count). The highest BCUT2D eigenvalue weighted by Crippen LogP contribution is 2.32. The zero-order chi connectivity index (χ0) is 13.9. The van der Waals surface area contributed by atoms with E-state index in [2.05, 4.69) is 4.72 Å². The molecule has 1 saturated carbocycles. The number of hydrogen-bond acceptors (Lipinski definition) is 4. The lowest BCUT2D eigenvalue weighted by Crippen LogP contribution is -2.50. The van der Waals surface area contributed by atoms with Crippen molar-refractivity contribution in [1.82, 2.24) is 4.72 Å². The van der Waals surface area contributed by atoms with Crippen LogP contribution in [0.5, 0.6) is 5.75 Å². The Balaban J connectivity index is 2.08. The molecule has 1 aliphatic carbocycles. The lowest BCUT2D eigenvalue weighted by molar-refractivity contribution is 0.248. The molecule has 1 fully saturated rings. The van der Waals surface area contributed by atoms with Crippen LogP contribution < -0.4 is 15.2 Å². The van der Waals surface area contributed by atoms with Gasteiger partial charge in [-0.25, -0.2) is 13.1 Å². The molecule has 6 heteroatoms. The van der Waals surface area contributed by atoms with Crippen molar-refractivity contribution in [2.75, 3.05) is 13.2 Å². The lowest BCUT2D eigenvalue weighted by atomic mass is 9.80. The molecule has 0 aliphatic heterocycles. The Bertz CT molecular complexity index is 521. The fraction of sp³-hybridized carbons (Fsp3) is 0.538. The summed E-state index contributed by atoms with van der Waals surface area (Å²) >= 11 is 0. The molecule has 5 nitrogen and oxygen atoms in total. The molecular weight excluding hydrogens is 264 g/mol. The highest BCUT2D eigenvalue weighted by atomic mass is 32.2. The van der Waals surface area contributed by atoms with E-state index >= 15 is 0 Å². The van der Waals surface area contributed by atoms with Gasteiger partial charge >= 0.3 is 0 Å². The maximum atomic E-state index is 12.2. The van der Waals surface area contributed by atoms with Gasteiger partial charge in [0.05, 0.1) is 4.90 Å². The van der Waals surface area contributed by atoms with Gasteiger partial charge in [0.2, 0.25) is 10.0 Å². The fourth-order valence-corrected chi connectivity index (χ4v) is 3.55. The third-order valence-electron chi connectivity index (χ3n) is 3.36. The largest absolute Gasteiger partial charge is 0.492 e. The van der Waals surface area contributed by atoms with Crippen LogP contribution in [0.1, 0.15) is 26.2 Å². The molecule has 1 aromatic rings. The molecule has 0 unspecified atom stereocenters. The van der Waals surface area contributed by atoms with Gasteiger partial charge in [-0.2, -0.15) is 0 Å². The lowest BCUT2D eigenvalue weighted by Gasteiger charge is -2.38. The maximum absolute atomic E-state index is 12.2. The molecule has 0 radical (unpaired) electrons. The number of nitrogens with one attached hydrogen (secondary N) is 1. The van der Waals surface area contributed by atoms with Gasteiger partial charge in [0.25, 0.3) is 0 Å². The molecule has 0 heterocycles. The van der Waals surface area contributed by atoms with E-state index in [0.29, 0.717) is 18.9 Å². The predicted molar refractivity (Wildman–Crippen MR) is 73.6 cm³/mol. The van der Waals surface area contributed by atoms with E-state index in [1.54, 1.807) is 24.3 Å². The second kappa shape index (κ2) is 5.48. The van der Waals surface area contributed by atoms with E-state index in [0.717, 1.165) is 19.3 Å². The van der Waals surface area contributed by atoms with Crippen LogP contribution in [0, 0.1) is 0 Å². The summed E-state index contributed by atoms with van der Waals surface area (Å²) in [7, 11) is -3.45. The minimum atomic E-state index is -3.45. The zero-order valence-electron chi connectivity index (χ0n) is 11.1. The first-order chi connectivity index (χ1) is 8.95. The van der Waals surface area contributed by atoms with Gasteiger partial charge < -0.3 is 10.5 Å². The standard InChI is InChI=1S/C13H20N2O3S/c1-13(7-2-8-13)15-19(16,17)12-5-3-11(4-6-12)18-10-9-14/h3-6,15H,2,7-10,14H2,1H3. The fourth-order valence-electron chi connectivity index (χ4n) is 2.08. The van der Waals surface area contributed by atoms with E-state index in [-0.39, 0.29) is 10.4 Å². The Morgan fingerprint density at radius 1 is 1.32 bits per heavy atom. The van der Waals surface area contributed by atoms with E-state index in [9.17, 15) is 8.42 Å². The average Bonchev–Trinajstić information content (AvgIpc) is 2.34. The Morgan fingerprint density at radius 3 is 2.42 bits per heavy atom. The second-order valence-corrected chi connectivity index (χ2v) is 6.81. The summed E-state index contributed by atoms with van der Waals surface area (Å²) in [5.74, 6) is 0.624. The second-order valence-electron chi connectivity index (χ2n) is 5.13. The summed E-state index contributed by atoms with van der Waals surface area (Å²) in [4.78, 5) is 0.265. The molecule has 0 bridgehead atoms. The SMILES string of the molecule is CC1(NS(=O)(=O)c2ccc(OCCN)cc2)CCC1. The first-order valence-corrected chi connectivity index (χ1v) is 7.90. The molecule has 0 spiro atoms. The van der Waals surface area contributed by atoms with Crippen LogP contribution in [-0.2, 0) is 10.0 Å². The number of nitrogens with two attached hydrogens (primary N) is 1. The van der Waals surface area contributed by atoms with E-state index < -0.39 is 10.0 Å². The maximum Gasteiger partial charge on any atom is 0.241 e. The molecule has 19 heavy (non-hydrogen) atoms. The number of rotatable bonds is 6. The van der Waals surface area contributed by atoms with Gasteiger partial charge in [-0.3, -0.25) is 0 Å². The summed E-state index contributed by atoms with van der Waals surface area (Å²) in [5.41, 5.74) is 5.05. The van der Waals surface area contributed by atoms with Gasteiger partial charge in [0.15, 0.2) is 0 Å². The third kappa shape index (κ3) is 3.46. The van der Waals surface area contributed by atoms with Crippen LogP contribution >= 0.6 is 0 Å². The van der Waals surface area contributed by atoms with Crippen LogP contribution in [0.4, 0.5) is 0 Å². The molecule has 1 aliphatic rings. The highest BCUT2D eigenvalue weighted by molar-refractivity contribution is 7.89. The van der Waals surface area contributed by atoms with Crippen LogP contribution in [0.25, 0.3) is 0 Å². The first kappa shape index (κ1) is 14.3. The Morgan fingerprint density at radius 2 is 1.95 bits per heavy atom. The van der Waals surface area contributed by atoms with Crippen LogP contribution in [0.3, 0.4) is 0 Å². The first-order valence-electron chi connectivity index (χ1n) is 6.42. The van der Waals surface area contributed by atoms with Gasteiger partial charge in [-0.1, -0.05) is 0 Å². The Labute approximate surface area is 114 Å². The molecule has 3 N–H and O–H groups in total. The summed E-state index contributed by atoms with van der Waals surface area (Å²) < 4.78 is 32.5. The number of benzene rings is 1. The molecule has 0 atom stereocenters. The van der Waals surface area contributed by atoms with Gasteiger partial charge in [-0.15, -0.1) is 0 Å². The number of sulfonamides is 1. The average molecular weight is 284 g/mol. The van der Waals surface area contributed by atoms with Crippen molar-refractivity contribution in [2.45, 2.75) is 36.6 Å². The highest BCUT2D eigenvalue weighted by Gasteiger charge is 2.36. The van der Waals surface area contributed by atoms with Gasteiger partial charge in [0, 0.05) is 12.1 Å². The smallest absolute Gasteiger partial charge is 0.241 e. The van der Waals surface area contributed by atoms with Crippen LogP contribution in [0.2, 0.25) is 0 Å². The van der Waals surface area contributed by atoms with E-state index in [4.69, 9.17) is 10.5 Å². The quantitative estimate of drug-likeness (QED) is 0.823. The summed E-state index contributed by atoms with van der Waals surface area (Å²) in [6.45, 7) is 2.79. The predicted octanol–water partition coefficient (Wildman–Crippen LogP) is 1.24. The molecule has 0 aromatic heterocycles.